The predicted octanol–water partition coefficient (Wildman–Crippen LogP) is 3.42. The first kappa shape index (κ1) is 19.1. The molecule has 0 radical (unpaired) electrons. The number of hydrogen-bond donors (Lipinski definition) is 1. The lowest BCUT2D eigenvalue weighted by atomic mass is 10.1. The van der Waals surface area contributed by atoms with Crippen molar-refractivity contribution < 1.29 is 17.6 Å². The number of rotatable bonds is 6. The van der Waals surface area contributed by atoms with Gasteiger partial charge in [0.1, 0.15) is 5.82 Å². The number of amides is 1. The van der Waals surface area contributed by atoms with E-state index in [-0.39, 0.29) is 10.5 Å². The van der Waals surface area contributed by atoms with Gasteiger partial charge in [0.25, 0.3) is 5.91 Å². The van der Waals surface area contributed by atoms with Crippen LogP contribution in [-0.4, -0.2) is 31.7 Å². The first-order valence-corrected chi connectivity index (χ1v) is 9.41. The van der Waals surface area contributed by atoms with E-state index in [1.165, 1.54) is 34.6 Å². The fourth-order valence-electron chi connectivity index (χ4n) is 2.46. The van der Waals surface area contributed by atoms with E-state index < -0.39 is 21.7 Å². The smallest absolute Gasteiger partial charge is 0.255 e. The predicted molar refractivity (Wildman–Crippen MR) is 95.6 cm³/mol. The molecule has 0 unspecified atom stereocenters. The molecule has 0 atom stereocenters. The number of hydrogen-bond acceptors (Lipinski definition) is 3. The fourth-order valence-corrected chi connectivity index (χ4v) is 4.17. The van der Waals surface area contributed by atoms with Gasteiger partial charge in [-0.05, 0) is 48.9 Å². The summed E-state index contributed by atoms with van der Waals surface area (Å²) in [5, 5.41) is 2.63. The Morgan fingerprint density at radius 2 is 1.68 bits per heavy atom. The van der Waals surface area contributed by atoms with Crippen molar-refractivity contribution in [3.63, 3.8) is 0 Å². The molecule has 0 spiro atoms. The number of nitrogens with zero attached hydrogens (tertiary/aromatic N) is 1. The Kier molecular flexibility index (Phi) is 5.92. The zero-order valence-corrected chi connectivity index (χ0v) is 15.2. The summed E-state index contributed by atoms with van der Waals surface area (Å²) in [5.74, 6) is -0.858. The highest BCUT2D eigenvalue weighted by Crippen LogP contribution is 2.22. The fraction of sp³-hybridized carbons (Fsp3) is 0.278. The zero-order valence-electron chi connectivity index (χ0n) is 14.4. The Morgan fingerprint density at radius 3 is 2.24 bits per heavy atom. The number of aryl methyl sites for hydroxylation is 1. The third-order valence-corrected chi connectivity index (χ3v) is 6.07. The maximum Gasteiger partial charge on any atom is 0.255 e. The van der Waals surface area contributed by atoms with Gasteiger partial charge < -0.3 is 5.32 Å². The van der Waals surface area contributed by atoms with Gasteiger partial charge in [-0.1, -0.05) is 19.9 Å². The molecule has 0 aliphatic rings. The van der Waals surface area contributed by atoms with Crippen LogP contribution < -0.4 is 5.32 Å². The second-order valence-electron chi connectivity index (χ2n) is 5.53. The lowest BCUT2D eigenvalue weighted by Crippen LogP contribution is -2.31. The van der Waals surface area contributed by atoms with Gasteiger partial charge in [-0.3, -0.25) is 4.79 Å². The number of anilines is 1. The summed E-state index contributed by atoms with van der Waals surface area (Å²) in [6.45, 7) is 5.93. The number of benzene rings is 2. The van der Waals surface area contributed by atoms with Gasteiger partial charge in [0.05, 0.1) is 4.90 Å². The monoisotopic (exact) mass is 364 g/mol. The van der Waals surface area contributed by atoms with E-state index in [4.69, 9.17) is 0 Å². The molecule has 0 heterocycles. The van der Waals surface area contributed by atoms with Crippen LogP contribution in [0.4, 0.5) is 10.1 Å². The molecule has 2 aromatic carbocycles. The van der Waals surface area contributed by atoms with Crippen LogP contribution >= 0.6 is 0 Å². The SMILES string of the molecule is CCN(CC)S(=O)(=O)c1cc(C(=O)Nc2ccc(F)cc2)ccc1C. The van der Waals surface area contributed by atoms with Gasteiger partial charge in [0, 0.05) is 24.3 Å². The minimum atomic E-state index is -3.66. The molecule has 1 amide bonds. The van der Waals surface area contributed by atoms with Crippen molar-refractivity contribution in [1.82, 2.24) is 4.31 Å². The molecule has 2 aromatic rings. The average Bonchev–Trinajstić information content (AvgIpc) is 2.58. The zero-order chi connectivity index (χ0) is 18.6. The van der Waals surface area contributed by atoms with Crippen molar-refractivity contribution in [2.75, 3.05) is 18.4 Å². The lowest BCUT2D eigenvalue weighted by molar-refractivity contribution is 0.102. The summed E-state index contributed by atoms with van der Waals surface area (Å²) in [5.41, 5.74) is 1.23. The van der Waals surface area contributed by atoms with Crippen LogP contribution in [0.15, 0.2) is 47.4 Å². The molecule has 0 aliphatic heterocycles. The lowest BCUT2D eigenvalue weighted by Gasteiger charge is -2.20. The Hall–Kier alpha value is -2.25. The van der Waals surface area contributed by atoms with Crippen molar-refractivity contribution >= 4 is 21.6 Å². The summed E-state index contributed by atoms with van der Waals surface area (Å²) in [6.07, 6.45) is 0. The van der Waals surface area contributed by atoms with Crippen LogP contribution in [0, 0.1) is 12.7 Å². The quantitative estimate of drug-likeness (QED) is 0.854. The summed E-state index contributed by atoms with van der Waals surface area (Å²) in [4.78, 5) is 12.5. The first-order valence-electron chi connectivity index (χ1n) is 7.97. The Labute approximate surface area is 147 Å². The molecule has 0 bridgehead atoms. The van der Waals surface area contributed by atoms with Crippen molar-refractivity contribution in [1.29, 1.82) is 0 Å². The van der Waals surface area contributed by atoms with E-state index in [1.807, 2.05) is 0 Å². The Balaban J connectivity index is 2.35. The molecule has 0 aromatic heterocycles. The van der Waals surface area contributed by atoms with Gasteiger partial charge in [-0.15, -0.1) is 0 Å². The number of carbonyl (C=O) groups is 1. The third kappa shape index (κ3) is 4.24. The van der Waals surface area contributed by atoms with Crippen LogP contribution in [0.5, 0.6) is 0 Å². The molecular formula is C18H21FN2O3S. The summed E-state index contributed by atoms with van der Waals surface area (Å²) in [6, 6.07) is 9.90. The molecule has 0 aliphatic carbocycles. The highest BCUT2D eigenvalue weighted by Gasteiger charge is 2.24. The van der Waals surface area contributed by atoms with Crippen molar-refractivity contribution in [2.45, 2.75) is 25.7 Å². The van der Waals surface area contributed by atoms with E-state index >= 15 is 0 Å². The summed E-state index contributed by atoms with van der Waals surface area (Å²) < 4.78 is 39.8. The van der Waals surface area contributed by atoms with Crippen LogP contribution in [0.25, 0.3) is 0 Å². The molecule has 2 rings (SSSR count). The molecule has 0 fully saturated rings. The minimum absolute atomic E-state index is 0.114. The van der Waals surface area contributed by atoms with Crippen molar-refractivity contribution in [3.8, 4) is 0 Å². The number of carbonyl (C=O) groups excluding carboxylic acids is 1. The van der Waals surface area contributed by atoms with Crippen LogP contribution in [0.3, 0.4) is 0 Å². The van der Waals surface area contributed by atoms with Gasteiger partial charge in [-0.25, -0.2) is 12.8 Å². The standard InChI is InChI=1S/C18H21FN2O3S/c1-4-21(5-2)25(23,24)17-12-14(7-6-13(17)3)18(22)20-16-10-8-15(19)9-11-16/h6-12H,4-5H2,1-3H3,(H,20,22). The Bertz CT molecular complexity index is 860. The molecule has 0 saturated heterocycles. The van der Waals surface area contributed by atoms with E-state index in [1.54, 1.807) is 32.9 Å². The average molecular weight is 364 g/mol. The molecular weight excluding hydrogens is 343 g/mol. The molecule has 1 N–H and O–H groups in total. The summed E-state index contributed by atoms with van der Waals surface area (Å²) >= 11 is 0. The molecule has 25 heavy (non-hydrogen) atoms. The van der Waals surface area contributed by atoms with Gasteiger partial charge in [0.15, 0.2) is 0 Å². The summed E-state index contributed by atoms with van der Waals surface area (Å²) in [7, 11) is -3.66. The van der Waals surface area contributed by atoms with Crippen molar-refractivity contribution in [3.05, 3.63) is 59.4 Å². The van der Waals surface area contributed by atoms with E-state index in [2.05, 4.69) is 5.32 Å². The largest absolute Gasteiger partial charge is 0.322 e. The number of nitrogens with one attached hydrogen (secondary N) is 1. The van der Waals surface area contributed by atoms with Gasteiger partial charge in [0.2, 0.25) is 10.0 Å². The normalized spacial score (nSPS) is 11.6. The molecule has 134 valence electrons. The highest BCUT2D eigenvalue weighted by atomic mass is 32.2. The van der Waals surface area contributed by atoms with Crippen LogP contribution in [-0.2, 0) is 10.0 Å². The van der Waals surface area contributed by atoms with Crippen LogP contribution in [0.2, 0.25) is 0 Å². The minimum Gasteiger partial charge on any atom is -0.322 e. The van der Waals surface area contributed by atoms with E-state index in [0.29, 0.717) is 24.3 Å². The van der Waals surface area contributed by atoms with Crippen LogP contribution in [0.1, 0.15) is 29.8 Å². The molecule has 7 heteroatoms. The van der Waals surface area contributed by atoms with Gasteiger partial charge >= 0.3 is 0 Å². The highest BCUT2D eigenvalue weighted by molar-refractivity contribution is 7.89. The maximum atomic E-state index is 12.9. The second kappa shape index (κ2) is 7.76. The second-order valence-corrected chi connectivity index (χ2v) is 7.44. The Morgan fingerprint density at radius 1 is 1.08 bits per heavy atom. The molecule has 0 saturated carbocycles. The molecule has 5 nitrogen and oxygen atoms in total. The topological polar surface area (TPSA) is 66.5 Å². The maximum absolute atomic E-state index is 12.9. The first-order chi connectivity index (χ1) is 11.8. The number of sulfonamides is 1. The third-order valence-electron chi connectivity index (χ3n) is 3.88. The van der Waals surface area contributed by atoms with Crippen molar-refractivity contribution in [2.24, 2.45) is 0 Å². The van der Waals surface area contributed by atoms with E-state index in [0.717, 1.165) is 0 Å². The van der Waals surface area contributed by atoms with Gasteiger partial charge in [-0.2, -0.15) is 4.31 Å². The van der Waals surface area contributed by atoms with E-state index in [9.17, 15) is 17.6 Å². The number of halogens is 1.